The third-order valence-corrected chi connectivity index (χ3v) is 4.21. The zero-order valence-electron chi connectivity index (χ0n) is 14.4. The zero-order chi connectivity index (χ0) is 15.9. The van der Waals surface area contributed by atoms with Crippen LogP contribution in [0.15, 0.2) is 18.2 Å². The van der Waals surface area contributed by atoms with Crippen LogP contribution in [-0.2, 0) is 6.54 Å². The summed E-state index contributed by atoms with van der Waals surface area (Å²) in [5.74, 6) is 1.62. The van der Waals surface area contributed by atoms with Crippen LogP contribution >= 0.6 is 0 Å². The molecular formula is C18H30N2O2. The van der Waals surface area contributed by atoms with E-state index >= 15 is 0 Å². The van der Waals surface area contributed by atoms with Gasteiger partial charge in [-0.2, -0.15) is 0 Å². The molecule has 0 aromatic heterocycles. The number of benzene rings is 1. The van der Waals surface area contributed by atoms with Crippen molar-refractivity contribution in [2.45, 2.75) is 52.3 Å². The Kier molecular flexibility index (Phi) is 6.52. The number of rotatable bonds is 8. The van der Waals surface area contributed by atoms with Gasteiger partial charge in [0.05, 0.1) is 13.2 Å². The van der Waals surface area contributed by atoms with Crippen LogP contribution in [0.3, 0.4) is 0 Å². The van der Waals surface area contributed by atoms with E-state index in [1.54, 1.807) is 7.11 Å². The molecule has 0 saturated carbocycles. The lowest BCUT2D eigenvalue weighted by Gasteiger charge is -2.23. The fraction of sp³-hybridized carbons (Fsp3) is 0.667. The molecule has 0 bridgehead atoms. The Hall–Kier alpha value is -1.26. The Morgan fingerprint density at radius 2 is 2.14 bits per heavy atom. The highest BCUT2D eigenvalue weighted by Gasteiger charge is 2.22. The maximum atomic E-state index is 5.75. The average molecular weight is 306 g/mol. The summed E-state index contributed by atoms with van der Waals surface area (Å²) >= 11 is 0. The molecule has 0 amide bonds. The monoisotopic (exact) mass is 306 g/mol. The van der Waals surface area contributed by atoms with Gasteiger partial charge in [0.1, 0.15) is 0 Å². The van der Waals surface area contributed by atoms with E-state index in [2.05, 4.69) is 29.3 Å². The first-order chi connectivity index (χ1) is 10.6. The van der Waals surface area contributed by atoms with Gasteiger partial charge in [-0.05, 0) is 57.5 Å². The number of hydrogen-bond acceptors (Lipinski definition) is 4. The van der Waals surface area contributed by atoms with Gasteiger partial charge in [-0.25, -0.2) is 0 Å². The van der Waals surface area contributed by atoms with Gasteiger partial charge in [-0.1, -0.05) is 13.0 Å². The summed E-state index contributed by atoms with van der Waals surface area (Å²) in [6, 6.07) is 6.87. The van der Waals surface area contributed by atoms with Crippen molar-refractivity contribution in [1.82, 2.24) is 10.2 Å². The van der Waals surface area contributed by atoms with Crippen molar-refractivity contribution >= 4 is 0 Å². The average Bonchev–Trinajstić information content (AvgIpc) is 2.95. The Labute approximate surface area is 134 Å². The molecule has 1 atom stereocenters. The van der Waals surface area contributed by atoms with Gasteiger partial charge in [-0.3, -0.25) is 4.90 Å². The van der Waals surface area contributed by atoms with Crippen LogP contribution in [-0.4, -0.2) is 43.8 Å². The molecule has 1 heterocycles. The first kappa shape index (κ1) is 17.1. The summed E-state index contributed by atoms with van der Waals surface area (Å²) < 4.78 is 11.2. The molecule has 1 N–H and O–H groups in total. The smallest absolute Gasteiger partial charge is 0.161 e. The predicted octanol–water partition coefficient (Wildman–Crippen LogP) is 3.06. The highest BCUT2D eigenvalue weighted by Crippen LogP contribution is 2.29. The van der Waals surface area contributed by atoms with Crippen LogP contribution in [0.25, 0.3) is 0 Å². The molecule has 0 aliphatic carbocycles. The Balaban J connectivity index is 1.87. The standard InChI is InChI=1S/C18H30N2O2/c1-5-20-10-6-7-16(20)13-19-12-15-8-9-17(22-14(2)3)18(11-15)21-4/h8-9,11,14,16,19H,5-7,10,12-13H2,1-4H3/t16-/m0/s1. The SMILES string of the molecule is CCN1CCC[C@H]1CNCc1ccc(OC(C)C)c(OC)c1. The molecule has 4 nitrogen and oxygen atoms in total. The van der Waals surface area contributed by atoms with Crippen LogP contribution in [0.1, 0.15) is 39.2 Å². The number of nitrogens with one attached hydrogen (secondary N) is 1. The summed E-state index contributed by atoms with van der Waals surface area (Å²) in [5.41, 5.74) is 1.23. The minimum absolute atomic E-state index is 0.153. The first-order valence-corrected chi connectivity index (χ1v) is 8.42. The number of methoxy groups -OCH3 is 1. The summed E-state index contributed by atoms with van der Waals surface area (Å²) in [5, 5.41) is 3.58. The topological polar surface area (TPSA) is 33.7 Å². The zero-order valence-corrected chi connectivity index (χ0v) is 14.4. The third kappa shape index (κ3) is 4.62. The van der Waals surface area contributed by atoms with Crippen LogP contribution < -0.4 is 14.8 Å². The van der Waals surface area contributed by atoms with Crippen molar-refractivity contribution in [3.05, 3.63) is 23.8 Å². The second-order valence-corrected chi connectivity index (χ2v) is 6.21. The van der Waals surface area contributed by atoms with E-state index in [9.17, 15) is 0 Å². The molecule has 0 radical (unpaired) electrons. The van der Waals surface area contributed by atoms with Crippen LogP contribution in [0.5, 0.6) is 11.5 Å². The summed E-state index contributed by atoms with van der Waals surface area (Å²) in [6.07, 6.45) is 2.79. The number of nitrogens with zero attached hydrogens (tertiary/aromatic N) is 1. The van der Waals surface area contributed by atoms with Crippen molar-refractivity contribution < 1.29 is 9.47 Å². The molecule has 1 aliphatic rings. The Bertz CT molecular complexity index is 462. The van der Waals surface area contributed by atoms with E-state index in [1.165, 1.54) is 24.9 Å². The van der Waals surface area contributed by atoms with Gasteiger partial charge >= 0.3 is 0 Å². The lowest BCUT2D eigenvalue weighted by atomic mass is 10.1. The summed E-state index contributed by atoms with van der Waals surface area (Å²) in [7, 11) is 1.69. The van der Waals surface area contributed by atoms with Gasteiger partial charge in [0.2, 0.25) is 0 Å². The molecule has 1 aromatic carbocycles. The van der Waals surface area contributed by atoms with E-state index in [-0.39, 0.29) is 6.10 Å². The molecule has 0 unspecified atom stereocenters. The van der Waals surface area contributed by atoms with Crippen LogP contribution in [0.2, 0.25) is 0 Å². The number of ether oxygens (including phenoxy) is 2. The van der Waals surface area contributed by atoms with E-state index < -0.39 is 0 Å². The van der Waals surface area contributed by atoms with Crippen molar-refractivity contribution in [2.75, 3.05) is 26.7 Å². The van der Waals surface area contributed by atoms with Gasteiger partial charge < -0.3 is 14.8 Å². The molecule has 2 rings (SSSR count). The maximum absolute atomic E-state index is 5.75. The fourth-order valence-electron chi connectivity index (χ4n) is 3.10. The summed E-state index contributed by atoms with van der Waals surface area (Å²) in [6.45, 7) is 10.6. The van der Waals surface area contributed by atoms with Crippen molar-refractivity contribution in [1.29, 1.82) is 0 Å². The van der Waals surface area contributed by atoms with E-state index in [0.717, 1.165) is 31.1 Å². The Morgan fingerprint density at radius 1 is 1.32 bits per heavy atom. The van der Waals surface area contributed by atoms with Gasteiger partial charge in [0.15, 0.2) is 11.5 Å². The van der Waals surface area contributed by atoms with E-state index in [1.807, 2.05) is 19.9 Å². The molecule has 1 fully saturated rings. The third-order valence-electron chi connectivity index (χ3n) is 4.21. The second-order valence-electron chi connectivity index (χ2n) is 6.21. The molecular weight excluding hydrogens is 276 g/mol. The van der Waals surface area contributed by atoms with Gasteiger partial charge in [0.25, 0.3) is 0 Å². The second kappa shape index (κ2) is 8.39. The first-order valence-electron chi connectivity index (χ1n) is 8.42. The molecule has 1 aliphatic heterocycles. The number of hydrogen-bond donors (Lipinski definition) is 1. The minimum atomic E-state index is 0.153. The predicted molar refractivity (Wildman–Crippen MR) is 90.7 cm³/mol. The number of likely N-dealkylation sites (N-methyl/N-ethyl adjacent to an activating group) is 1. The minimum Gasteiger partial charge on any atom is -0.493 e. The maximum Gasteiger partial charge on any atom is 0.161 e. The molecule has 4 heteroatoms. The molecule has 22 heavy (non-hydrogen) atoms. The van der Waals surface area contributed by atoms with Crippen molar-refractivity contribution in [3.8, 4) is 11.5 Å². The molecule has 124 valence electrons. The van der Waals surface area contributed by atoms with Crippen LogP contribution in [0.4, 0.5) is 0 Å². The van der Waals surface area contributed by atoms with E-state index in [0.29, 0.717) is 6.04 Å². The fourth-order valence-corrected chi connectivity index (χ4v) is 3.10. The van der Waals surface area contributed by atoms with Crippen molar-refractivity contribution in [2.24, 2.45) is 0 Å². The Morgan fingerprint density at radius 3 is 2.82 bits per heavy atom. The summed E-state index contributed by atoms with van der Waals surface area (Å²) in [4.78, 5) is 2.56. The van der Waals surface area contributed by atoms with Gasteiger partial charge in [0, 0.05) is 19.1 Å². The highest BCUT2D eigenvalue weighted by molar-refractivity contribution is 5.43. The lowest BCUT2D eigenvalue weighted by molar-refractivity contribution is 0.230. The lowest BCUT2D eigenvalue weighted by Crippen LogP contribution is -2.37. The largest absolute Gasteiger partial charge is 0.493 e. The molecule has 1 saturated heterocycles. The van der Waals surface area contributed by atoms with Gasteiger partial charge in [-0.15, -0.1) is 0 Å². The normalized spacial score (nSPS) is 18.9. The quantitative estimate of drug-likeness (QED) is 0.800. The molecule has 1 aromatic rings. The van der Waals surface area contributed by atoms with E-state index in [4.69, 9.17) is 9.47 Å². The number of likely N-dealkylation sites (tertiary alicyclic amines) is 1. The van der Waals surface area contributed by atoms with Crippen LogP contribution in [0, 0.1) is 0 Å². The highest BCUT2D eigenvalue weighted by atomic mass is 16.5. The molecule has 0 spiro atoms. The van der Waals surface area contributed by atoms with Crippen molar-refractivity contribution in [3.63, 3.8) is 0 Å².